The molecule has 0 aromatic heterocycles. The Balaban J connectivity index is 1.57. The SMILES string of the molecule is Cc1cc(CC2CCN(C(=O)Oc3ccccc3)C2)cc(C)c1OCC(=O)O. The van der Waals surface area contributed by atoms with Gasteiger partial charge in [-0.2, -0.15) is 0 Å². The quantitative estimate of drug-likeness (QED) is 0.820. The van der Waals surface area contributed by atoms with Gasteiger partial charge in [0.15, 0.2) is 6.61 Å². The van der Waals surface area contributed by atoms with E-state index in [-0.39, 0.29) is 12.7 Å². The lowest BCUT2D eigenvalue weighted by atomic mass is 9.95. The highest BCUT2D eigenvalue weighted by atomic mass is 16.6. The van der Waals surface area contributed by atoms with Crippen molar-refractivity contribution >= 4 is 12.1 Å². The average molecular weight is 383 g/mol. The molecule has 1 unspecified atom stereocenters. The predicted molar refractivity (Wildman–Crippen MR) is 105 cm³/mol. The van der Waals surface area contributed by atoms with E-state index in [2.05, 4.69) is 0 Å². The Bertz CT molecular complexity index is 826. The minimum atomic E-state index is -0.990. The molecule has 0 aliphatic carbocycles. The van der Waals surface area contributed by atoms with Crippen molar-refractivity contribution in [3.8, 4) is 11.5 Å². The number of ether oxygens (including phenoxy) is 2. The van der Waals surface area contributed by atoms with Gasteiger partial charge in [-0.3, -0.25) is 0 Å². The Morgan fingerprint density at radius 3 is 2.46 bits per heavy atom. The van der Waals surface area contributed by atoms with E-state index >= 15 is 0 Å². The van der Waals surface area contributed by atoms with Gasteiger partial charge in [0.1, 0.15) is 11.5 Å². The maximum Gasteiger partial charge on any atom is 0.415 e. The van der Waals surface area contributed by atoms with Gasteiger partial charge in [-0.25, -0.2) is 9.59 Å². The first-order chi connectivity index (χ1) is 13.4. The van der Waals surface area contributed by atoms with Crippen molar-refractivity contribution in [1.29, 1.82) is 0 Å². The van der Waals surface area contributed by atoms with Crippen molar-refractivity contribution in [3.63, 3.8) is 0 Å². The Kier molecular flexibility index (Phi) is 6.19. The molecule has 6 heteroatoms. The molecule has 1 saturated heterocycles. The number of hydrogen-bond acceptors (Lipinski definition) is 4. The minimum Gasteiger partial charge on any atom is -0.481 e. The molecule has 3 rings (SSSR count). The van der Waals surface area contributed by atoms with E-state index in [0.717, 1.165) is 24.0 Å². The molecule has 0 bridgehead atoms. The molecule has 1 heterocycles. The van der Waals surface area contributed by atoms with Crippen LogP contribution in [0.2, 0.25) is 0 Å². The summed E-state index contributed by atoms with van der Waals surface area (Å²) < 4.78 is 10.8. The van der Waals surface area contributed by atoms with E-state index < -0.39 is 5.97 Å². The van der Waals surface area contributed by atoms with E-state index in [4.69, 9.17) is 14.6 Å². The van der Waals surface area contributed by atoms with Crippen LogP contribution < -0.4 is 9.47 Å². The van der Waals surface area contributed by atoms with Gasteiger partial charge >= 0.3 is 12.1 Å². The summed E-state index contributed by atoms with van der Waals surface area (Å²) in [6, 6.07) is 13.2. The maximum absolute atomic E-state index is 12.3. The van der Waals surface area contributed by atoms with E-state index in [0.29, 0.717) is 30.5 Å². The number of benzene rings is 2. The molecule has 1 fully saturated rings. The zero-order valence-electron chi connectivity index (χ0n) is 16.2. The number of aliphatic carboxylic acids is 1. The smallest absolute Gasteiger partial charge is 0.415 e. The van der Waals surface area contributed by atoms with Crippen molar-refractivity contribution in [1.82, 2.24) is 4.90 Å². The fourth-order valence-electron chi connectivity index (χ4n) is 3.67. The summed E-state index contributed by atoms with van der Waals surface area (Å²) in [6.07, 6.45) is 1.48. The van der Waals surface area contributed by atoms with Gasteiger partial charge in [-0.15, -0.1) is 0 Å². The Hall–Kier alpha value is -3.02. The zero-order chi connectivity index (χ0) is 20.1. The molecule has 2 aromatic carbocycles. The van der Waals surface area contributed by atoms with Crippen LogP contribution in [-0.4, -0.2) is 41.8 Å². The van der Waals surface area contributed by atoms with Crippen molar-refractivity contribution in [2.45, 2.75) is 26.7 Å². The Morgan fingerprint density at radius 1 is 1.14 bits per heavy atom. The summed E-state index contributed by atoms with van der Waals surface area (Å²) in [7, 11) is 0. The maximum atomic E-state index is 12.3. The van der Waals surface area contributed by atoms with E-state index in [1.807, 2.05) is 44.2 Å². The molecular weight excluding hydrogens is 358 g/mol. The molecule has 1 aliphatic heterocycles. The van der Waals surface area contributed by atoms with E-state index in [1.165, 1.54) is 5.56 Å². The number of nitrogens with zero attached hydrogens (tertiary/aromatic N) is 1. The fraction of sp³-hybridized carbons (Fsp3) is 0.364. The van der Waals surface area contributed by atoms with Gasteiger partial charge in [-0.1, -0.05) is 30.3 Å². The highest BCUT2D eigenvalue weighted by molar-refractivity contribution is 5.71. The lowest BCUT2D eigenvalue weighted by molar-refractivity contribution is -0.139. The van der Waals surface area contributed by atoms with Gasteiger partial charge in [0, 0.05) is 13.1 Å². The highest BCUT2D eigenvalue weighted by Crippen LogP contribution is 2.28. The van der Waals surface area contributed by atoms with Crippen molar-refractivity contribution in [3.05, 3.63) is 59.2 Å². The second-order valence-electron chi connectivity index (χ2n) is 7.23. The van der Waals surface area contributed by atoms with Crippen LogP contribution in [0.3, 0.4) is 0 Å². The lowest BCUT2D eigenvalue weighted by Crippen LogP contribution is -2.31. The molecule has 1 amide bonds. The summed E-state index contributed by atoms with van der Waals surface area (Å²) in [5.41, 5.74) is 3.02. The second-order valence-corrected chi connectivity index (χ2v) is 7.23. The zero-order valence-corrected chi connectivity index (χ0v) is 16.2. The summed E-state index contributed by atoms with van der Waals surface area (Å²) >= 11 is 0. The standard InChI is InChI=1S/C22H25NO5/c1-15-10-18(11-16(2)21(15)27-14-20(24)25)12-17-8-9-23(13-17)22(26)28-19-6-4-3-5-7-19/h3-7,10-11,17H,8-9,12-14H2,1-2H3,(H,24,25). The third kappa shape index (κ3) is 5.03. The number of carbonyl (C=O) groups excluding carboxylic acids is 1. The molecule has 2 aromatic rings. The monoisotopic (exact) mass is 383 g/mol. The first-order valence-electron chi connectivity index (χ1n) is 9.39. The van der Waals surface area contributed by atoms with E-state index in [9.17, 15) is 9.59 Å². The number of hydrogen-bond donors (Lipinski definition) is 1. The molecular formula is C22H25NO5. The van der Waals surface area contributed by atoms with Gasteiger partial charge in [-0.05, 0) is 61.4 Å². The average Bonchev–Trinajstić information content (AvgIpc) is 3.10. The van der Waals surface area contributed by atoms with Gasteiger partial charge in [0.05, 0.1) is 0 Å². The molecule has 148 valence electrons. The predicted octanol–water partition coefficient (Wildman–Crippen LogP) is 3.83. The molecule has 28 heavy (non-hydrogen) atoms. The molecule has 1 aliphatic rings. The molecule has 6 nitrogen and oxygen atoms in total. The van der Waals surface area contributed by atoms with Crippen LogP contribution in [-0.2, 0) is 11.2 Å². The molecule has 0 radical (unpaired) electrons. The fourth-order valence-corrected chi connectivity index (χ4v) is 3.67. The van der Waals surface area contributed by atoms with Crippen LogP contribution in [0.5, 0.6) is 11.5 Å². The third-order valence-electron chi connectivity index (χ3n) is 4.88. The molecule has 1 N–H and O–H groups in total. The first-order valence-corrected chi connectivity index (χ1v) is 9.39. The summed E-state index contributed by atoms with van der Waals surface area (Å²) in [6.45, 7) is 4.86. The number of amides is 1. The van der Waals surface area contributed by atoms with Crippen molar-refractivity contribution in [2.24, 2.45) is 5.92 Å². The van der Waals surface area contributed by atoms with Crippen LogP contribution in [0, 0.1) is 19.8 Å². The molecule has 1 atom stereocenters. The number of carboxylic acid groups (broad SMARTS) is 1. The lowest BCUT2D eigenvalue weighted by Gasteiger charge is -2.17. The second kappa shape index (κ2) is 8.78. The summed E-state index contributed by atoms with van der Waals surface area (Å²) in [5.74, 6) is 0.564. The highest BCUT2D eigenvalue weighted by Gasteiger charge is 2.28. The number of likely N-dealkylation sites (tertiary alicyclic amines) is 1. The van der Waals surface area contributed by atoms with E-state index in [1.54, 1.807) is 17.0 Å². The number of rotatable bonds is 6. The van der Waals surface area contributed by atoms with Crippen LogP contribution in [0.25, 0.3) is 0 Å². The number of carbonyl (C=O) groups is 2. The molecule has 0 spiro atoms. The van der Waals surface area contributed by atoms with Crippen LogP contribution in [0.4, 0.5) is 4.79 Å². The number of carboxylic acids is 1. The van der Waals surface area contributed by atoms with Gasteiger partial charge < -0.3 is 19.5 Å². The van der Waals surface area contributed by atoms with Crippen molar-refractivity contribution < 1.29 is 24.2 Å². The number of aryl methyl sites for hydroxylation is 2. The molecule has 0 saturated carbocycles. The topological polar surface area (TPSA) is 76.1 Å². The summed E-state index contributed by atoms with van der Waals surface area (Å²) in [5, 5.41) is 8.80. The first kappa shape index (κ1) is 19.7. The largest absolute Gasteiger partial charge is 0.481 e. The minimum absolute atomic E-state index is 0.307. The van der Waals surface area contributed by atoms with Crippen LogP contribution >= 0.6 is 0 Å². The summed E-state index contributed by atoms with van der Waals surface area (Å²) in [4.78, 5) is 24.8. The Morgan fingerprint density at radius 2 is 1.82 bits per heavy atom. The third-order valence-corrected chi connectivity index (χ3v) is 4.88. The van der Waals surface area contributed by atoms with Gasteiger partial charge in [0.25, 0.3) is 0 Å². The van der Waals surface area contributed by atoms with Crippen LogP contribution in [0.15, 0.2) is 42.5 Å². The number of para-hydroxylation sites is 1. The van der Waals surface area contributed by atoms with Crippen molar-refractivity contribution in [2.75, 3.05) is 19.7 Å². The normalized spacial score (nSPS) is 16.1. The van der Waals surface area contributed by atoms with Gasteiger partial charge in [0.2, 0.25) is 0 Å². The van der Waals surface area contributed by atoms with Crippen LogP contribution in [0.1, 0.15) is 23.1 Å². The Labute approximate surface area is 164 Å².